The molecular weight excluding hydrogens is 382 g/mol. The minimum absolute atomic E-state index is 0.0604. The van der Waals surface area contributed by atoms with Crippen molar-refractivity contribution in [2.75, 3.05) is 46.9 Å². The number of para-hydroxylation sites is 1. The second-order valence-electron chi connectivity index (χ2n) is 7.34. The number of ether oxygens (including phenoxy) is 2. The van der Waals surface area contributed by atoms with Crippen molar-refractivity contribution in [1.29, 1.82) is 0 Å². The molecule has 0 unspecified atom stereocenters. The summed E-state index contributed by atoms with van der Waals surface area (Å²) in [5.41, 5.74) is 2.21. The Labute approximate surface area is 175 Å². The molecule has 0 bridgehead atoms. The van der Waals surface area contributed by atoms with E-state index in [1.807, 2.05) is 24.3 Å². The lowest BCUT2D eigenvalue weighted by Crippen LogP contribution is -2.49. The number of nitrogens with zero attached hydrogens (tertiary/aromatic N) is 2. The first-order chi connectivity index (χ1) is 14.6. The number of aromatic amines is 1. The minimum Gasteiger partial charge on any atom is -0.497 e. The van der Waals surface area contributed by atoms with Gasteiger partial charge in [0.2, 0.25) is 0 Å². The zero-order valence-corrected chi connectivity index (χ0v) is 17.2. The number of piperazine rings is 1. The van der Waals surface area contributed by atoms with E-state index in [-0.39, 0.29) is 11.7 Å². The topological polar surface area (TPSA) is 74.9 Å². The second kappa shape index (κ2) is 8.59. The van der Waals surface area contributed by atoms with E-state index in [2.05, 4.69) is 9.88 Å². The normalized spacial score (nSPS) is 14.7. The highest BCUT2D eigenvalue weighted by molar-refractivity contribution is 6.08. The standard InChI is InChI=1S/C23H25N3O4/c1-29-17-11-16(12-18(13-17)30-2)23(28)26-9-7-25(8-10-26)15-22(27)20-14-24-21-6-4-3-5-19(20)21/h3-6,11-14,24H,7-10,15H2,1-2H3. The smallest absolute Gasteiger partial charge is 0.254 e. The molecule has 3 aromatic rings. The number of carbonyl (C=O) groups is 2. The van der Waals surface area contributed by atoms with Crippen LogP contribution in [0.2, 0.25) is 0 Å². The lowest BCUT2D eigenvalue weighted by atomic mass is 10.1. The SMILES string of the molecule is COc1cc(OC)cc(C(=O)N2CCN(CC(=O)c3c[nH]c4ccccc34)CC2)c1. The number of Topliss-reactive ketones (excluding diaryl/α,β-unsaturated/α-hetero) is 1. The van der Waals surface area contributed by atoms with Crippen molar-refractivity contribution < 1.29 is 19.1 Å². The molecule has 7 heteroatoms. The Bertz CT molecular complexity index is 1050. The first-order valence-electron chi connectivity index (χ1n) is 9.93. The predicted octanol–water partition coefficient (Wildman–Crippen LogP) is 2.83. The number of hydrogen-bond donors (Lipinski definition) is 1. The van der Waals surface area contributed by atoms with Gasteiger partial charge in [0, 0.05) is 60.5 Å². The maximum atomic E-state index is 12.9. The molecule has 0 aliphatic carbocycles. The number of amides is 1. The van der Waals surface area contributed by atoms with Crippen molar-refractivity contribution >= 4 is 22.6 Å². The molecule has 2 aromatic carbocycles. The number of hydrogen-bond acceptors (Lipinski definition) is 5. The number of carbonyl (C=O) groups excluding carboxylic acids is 2. The molecule has 4 rings (SSSR count). The molecule has 0 radical (unpaired) electrons. The molecule has 156 valence electrons. The van der Waals surface area contributed by atoms with E-state index in [0.717, 1.165) is 10.9 Å². The van der Waals surface area contributed by atoms with E-state index < -0.39 is 0 Å². The number of ketones is 1. The van der Waals surface area contributed by atoms with Crippen LogP contribution in [0.3, 0.4) is 0 Å². The molecule has 30 heavy (non-hydrogen) atoms. The number of fused-ring (bicyclic) bond motifs is 1. The van der Waals surface area contributed by atoms with Gasteiger partial charge in [-0.25, -0.2) is 0 Å². The lowest BCUT2D eigenvalue weighted by molar-refractivity contribution is 0.0624. The van der Waals surface area contributed by atoms with Gasteiger partial charge >= 0.3 is 0 Å². The van der Waals surface area contributed by atoms with Crippen LogP contribution in [0.15, 0.2) is 48.7 Å². The zero-order valence-electron chi connectivity index (χ0n) is 17.2. The quantitative estimate of drug-likeness (QED) is 0.636. The largest absolute Gasteiger partial charge is 0.497 e. The third-order valence-electron chi connectivity index (χ3n) is 5.51. The molecule has 0 saturated carbocycles. The van der Waals surface area contributed by atoms with E-state index in [0.29, 0.717) is 55.3 Å². The summed E-state index contributed by atoms with van der Waals surface area (Å²) in [7, 11) is 3.12. The Balaban J connectivity index is 1.38. The molecule has 1 saturated heterocycles. The second-order valence-corrected chi connectivity index (χ2v) is 7.34. The van der Waals surface area contributed by atoms with Crippen molar-refractivity contribution in [2.45, 2.75) is 0 Å². The van der Waals surface area contributed by atoms with Gasteiger partial charge in [-0.05, 0) is 18.2 Å². The molecule has 1 aliphatic heterocycles. The molecule has 2 heterocycles. The minimum atomic E-state index is -0.0604. The van der Waals surface area contributed by atoms with Crippen molar-refractivity contribution in [3.63, 3.8) is 0 Å². The van der Waals surface area contributed by atoms with Gasteiger partial charge in [-0.3, -0.25) is 14.5 Å². The number of H-pyrrole nitrogens is 1. The molecule has 1 fully saturated rings. The first kappa shape index (κ1) is 20.0. The molecule has 1 aliphatic rings. The van der Waals surface area contributed by atoms with Gasteiger partial charge < -0.3 is 19.4 Å². The molecule has 1 aromatic heterocycles. The van der Waals surface area contributed by atoms with Crippen LogP contribution >= 0.6 is 0 Å². The Morgan fingerprint density at radius 2 is 1.63 bits per heavy atom. The fraction of sp³-hybridized carbons (Fsp3) is 0.304. The van der Waals surface area contributed by atoms with E-state index in [1.54, 1.807) is 43.5 Å². The molecular formula is C23H25N3O4. The van der Waals surface area contributed by atoms with E-state index in [4.69, 9.17) is 9.47 Å². The third-order valence-corrected chi connectivity index (χ3v) is 5.51. The van der Waals surface area contributed by atoms with Crippen LogP contribution in [-0.4, -0.2) is 73.4 Å². The third kappa shape index (κ3) is 4.02. The van der Waals surface area contributed by atoms with Gasteiger partial charge in [0.25, 0.3) is 5.91 Å². The van der Waals surface area contributed by atoms with Crippen molar-refractivity contribution in [1.82, 2.24) is 14.8 Å². The van der Waals surface area contributed by atoms with Crippen LogP contribution in [-0.2, 0) is 0 Å². The van der Waals surface area contributed by atoms with Gasteiger partial charge in [0.05, 0.1) is 20.8 Å². The van der Waals surface area contributed by atoms with Gasteiger partial charge in [-0.2, -0.15) is 0 Å². The molecule has 1 amide bonds. The van der Waals surface area contributed by atoms with Gasteiger partial charge in [-0.15, -0.1) is 0 Å². The maximum Gasteiger partial charge on any atom is 0.254 e. The van der Waals surface area contributed by atoms with Crippen LogP contribution in [0.5, 0.6) is 11.5 Å². The van der Waals surface area contributed by atoms with Crippen molar-refractivity contribution in [3.8, 4) is 11.5 Å². The maximum absolute atomic E-state index is 12.9. The molecule has 0 atom stereocenters. The zero-order chi connectivity index (χ0) is 21.1. The Morgan fingerprint density at radius 1 is 0.967 bits per heavy atom. The molecule has 7 nitrogen and oxygen atoms in total. The fourth-order valence-electron chi connectivity index (χ4n) is 3.81. The summed E-state index contributed by atoms with van der Waals surface area (Å²) in [4.78, 5) is 32.8. The number of benzene rings is 2. The average Bonchev–Trinajstić information content (AvgIpc) is 3.23. The van der Waals surface area contributed by atoms with E-state index in [1.165, 1.54) is 0 Å². The lowest BCUT2D eigenvalue weighted by Gasteiger charge is -2.34. The summed E-state index contributed by atoms with van der Waals surface area (Å²) in [5.74, 6) is 1.20. The van der Waals surface area contributed by atoms with E-state index >= 15 is 0 Å². The number of methoxy groups -OCH3 is 2. The van der Waals surface area contributed by atoms with Gasteiger partial charge in [0.15, 0.2) is 5.78 Å². The summed E-state index contributed by atoms with van der Waals surface area (Å²) in [6, 6.07) is 13.0. The Morgan fingerprint density at radius 3 is 2.30 bits per heavy atom. The Hall–Kier alpha value is -3.32. The van der Waals surface area contributed by atoms with Crippen molar-refractivity contribution in [2.24, 2.45) is 0 Å². The van der Waals surface area contributed by atoms with Crippen LogP contribution in [0.4, 0.5) is 0 Å². The van der Waals surface area contributed by atoms with Crippen LogP contribution in [0.1, 0.15) is 20.7 Å². The first-order valence-corrected chi connectivity index (χ1v) is 9.93. The summed E-state index contributed by atoms with van der Waals surface area (Å²) >= 11 is 0. The highest BCUT2D eigenvalue weighted by Gasteiger charge is 2.25. The predicted molar refractivity (Wildman–Crippen MR) is 115 cm³/mol. The molecule has 1 N–H and O–H groups in total. The number of aromatic nitrogens is 1. The highest BCUT2D eigenvalue weighted by atomic mass is 16.5. The number of nitrogens with one attached hydrogen (secondary N) is 1. The van der Waals surface area contributed by atoms with Crippen LogP contribution in [0, 0.1) is 0 Å². The Kier molecular flexibility index (Phi) is 5.72. The molecule has 0 spiro atoms. The summed E-state index contributed by atoms with van der Waals surface area (Å²) < 4.78 is 10.5. The highest BCUT2D eigenvalue weighted by Crippen LogP contribution is 2.24. The fourth-order valence-corrected chi connectivity index (χ4v) is 3.81. The summed E-state index contributed by atoms with van der Waals surface area (Å²) in [6.45, 7) is 2.79. The average molecular weight is 407 g/mol. The van der Waals surface area contributed by atoms with Crippen LogP contribution in [0.25, 0.3) is 10.9 Å². The summed E-state index contributed by atoms with van der Waals surface area (Å²) in [6.07, 6.45) is 1.78. The summed E-state index contributed by atoms with van der Waals surface area (Å²) in [5, 5.41) is 0.947. The van der Waals surface area contributed by atoms with Gasteiger partial charge in [0.1, 0.15) is 11.5 Å². The van der Waals surface area contributed by atoms with Gasteiger partial charge in [-0.1, -0.05) is 18.2 Å². The number of rotatable bonds is 6. The monoisotopic (exact) mass is 407 g/mol. The van der Waals surface area contributed by atoms with Crippen LogP contribution < -0.4 is 9.47 Å². The van der Waals surface area contributed by atoms with E-state index in [9.17, 15) is 9.59 Å². The van der Waals surface area contributed by atoms with Crippen molar-refractivity contribution in [3.05, 3.63) is 59.8 Å².